The normalized spacial score (nSPS) is 18.7. The summed E-state index contributed by atoms with van der Waals surface area (Å²) in [4.78, 5) is 54.4. The number of carbonyl (C=O) groups is 4. The molecule has 2 aromatic carbocycles. The lowest BCUT2D eigenvalue weighted by Gasteiger charge is -2.44. The average Bonchev–Trinajstić information content (AvgIpc) is 3.32. The maximum atomic E-state index is 15.1. The van der Waals surface area contributed by atoms with Crippen molar-refractivity contribution in [2.45, 2.75) is 205 Å². The minimum Gasteiger partial charge on any atom is -0.462 e. The standard InChI is InChI=1S/C51H73Cl7NO14P/c1-5-7-9-11-13-15-16-18-22-32-39(67-41(60)33-27-19-17-14-12-10-8-6-2)34-42(61)69-45-43(59-47(62)66-36-50(53,54)55)46(52)68-40(35-65-48(63)70-49(3,4)51(56,57)58)44(45)73-74(64,71-37-28-23-20-24-29-37)72-38-30-25-21-26-31-38/h20-21,23-26,28-31,39-40,43-46H,5-19,22,27,32-36H2,1-4H3,(H,59,62)/t39-,40-,43+,44-,45-,46+/m1/s1. The van der Waals surface area contributed by atoms with E-state index in [2.05, 4.69) is 19.2 Å². The fraction of sp³-hybridized carbons (Fsp3) is 0.686. The van der Waals surface area contributed by atoms with Gasteiger partial charge in [0.2, 0.25) is 7.59 Å². The third-order valence-electron chi connectivity index (χ3n) is 11.7. The van der Waals surface area contributed by atoms with Crippen molar-refractivity contribution >= 4 is 113 Å². The molecule has 1 heterocycles. The first-order valence-corrected chi connectivity index (χ1v) is 29.6. The molecule has 0 aromatic heterocycles. The molecular formula is C51H73Cl7NO14P. The number of ether oxygens (including phenoxy) is 6. The zero-order valence-electron chi connectivity index (χ0n) is 42.6. The summed E-state index contributed by atoms with van der Waals surface area (Å²) in [5, 5.41) is 2.46. The van der Waals surface area contributed by atoms with Crippen molar-refractivity contribution in [2.24, 2.45) is 0 Å². The summed E-state index contributed by atoms with van der Waals surface area (Å²) in [5.41, 5.74) is -3.38. The average molecular weight is 1200 g/mol. The van der Waals surface area contributed by atoms with Crippen LogP contribution in [-0.4, -0.2) is 86.6 Å². The molecular weight excluding hydrogens is 1130 g/mol. The predicted molar refractivity (Wildman–Crippen MR) is 290 cm³/mol. The highest BCUT2D eigenvalue weighted by atomic mass is 35.6. The fourth-order valence-corrected chi connectivity index (χ4v) is 9.62. The first-order chi connectivity index (χ1) is 35.0. The number of phosphoric acid groups is 1. The van der Waals surface area contributed by atoms with E-state index in [0.29, 0.717) is 19.3 Å². The highest BCUT2D eigenvalue weighted by Gasteiger charge is 2.54. The van der Waals surface area contributed by atoms with E-state index in [1.54, 1.807) is 36.4 Å². The van der Waals surface area contributed by atoms with E-state index in [1.165, 1.54) is 63.8 Å². The SMILES string of the molecule is CCCCCCCCCCC[C@H](CC(=O)O[C@@H]1[C@H](NC(=O)OCC(Cl)(Cl)Cl)[C@@H](Cl)O[C@H](COC(=O)OC(C)(C)C(Cl)(Cl)Cl)[C@H]1OP(=O)(Oc1ccccc1)Oc1ccccc1)OC(=O)CCCCCCCCCC. The van der Waals surface area contributed by atoms with Gasteiger partial charge in [-0.05, 0) is 57.4 Å². The second-order valence-corrected chi connectivity index (χ2v) is 25.2. The molecule has 1 saturated heterocycles. The van der Waals surface area contributed by atoms with Gasteiger partial charge in [0.15, 0.2) is 17.3 Å². The third-order valence-corrected chi connectivity index (χ3v) is 15.1. The molecule has 420 valence electrons. The molecule has 2 aromatic rings. The molecule has 1 aliphatic rings. The number of hydrogen-bond acceptors (Lipinski definition) is 14. The first kappa shape index (κ1) is 66.0. The molecule has 0 spiro atoms. The van der Waals surface area contributed by atoms with Crippen LogP contribution in [0.4, 0.5) is 9.59 Å². The van der Waals surface area contributed by atoms with Crippen molar-refractivity contribution in [3.05, 3.63) is 60.7 Å². The summed E-state index contributed by atoms with van der Waals surface area (Å²) < 4.78 is 63.2. The molecule has 0 aliphatic carbocycles. The topological polar surface area (TPSA) is 180 Å². The van der Waals surface area contributed by atoms with Crippen LogP contribution in [0.25, 0.3) is 0 Å². The molecule has 0 bridgehead atoms. The van der Waals surface area contributed by atoms with Crippen LogP contribution in [0.2, 0.25) is 0 Å². The maximum absolute atomic E-state index is 15.1. The Morgan fingerprint density at radius 2 is 1.18 bits per heavy atom. The molecule has 15 nitrogen and oxygen atoms in total. The maximum Gasteiger partial charge on any atom is 0.588 e. The number of halogens is 7. The molecule has 1 aliphatic heterocycles. The molecule has 1 N–H and O–H groups in total. The smallest absolute Gasteiger partial charge is 0.462 e. The van der Waals surface area contributed by atoms with Gasteiger partial charge in [0, 0.05) is 6.42 Å². The zero-order valence-corrected chi connectivity index (χ0v) is 48.8. The summed E-state index contributed by atoms with van der Waals surface area (Å²) in [6.45, 7) is 5.45. The number of rotatable bonds is 34. The molecule has 1 fully saturated rings. The third kappa shape index (κ3) is 26.8. The summed E-state index contributed by atoms with van der Waals surface area (Å²) in [6.07, 6.45) is 8.82. The van der Waals surface area contributed by atoms with Crippen LogP contribution in [0.1, 0.15) is 156 Å². The number of hydrogen-bond donors (Lipinski definition) is 1. The summed E-state index contributed by atoms with van der Waals surface area (Å²) in [6, 6.07) is 14.1. The number of amides is 1. The molecule has 74 heavy (non-hydrogen) atoms. The molecule has 23 heteroatoms. The highest BCUT2D eigenvalue weighted by Crippen LogP contribution is 2.53. The van der Waals surface area contributed by atoms with Gasteiger partial charge in [-0.25, -0.2) is 14.2 Å². The zero-order chi connectivity index (χ0) is 54.6. The van der Waals surface area contributed by atoms with Crippen molar-refractivity contribution in [1.82, 2.24) is 5.32 Å². The van der Waals surface area contributed by atoms with Crippen LogP contribution in [0.15, 0.2) is 60.7 Å². The van der Waals surface area contributed by atoms with Crippen molar-refractivity contribution in [1.29, 1.82) is 0 Å². The number of esters is 2. The molecule has 3 rings (SSSR count). The lowest BCUT2D eigenvalue weighted by molar-refractivity contribution is -0.196. The van der Waals surface area contributed by atoms with Crippen LogP contribution in [-0.2, 0) is 47.1 Å². The van der Waals surface area contributed by atoms with Gasteiger partial charge in [-0.1, -0.05) is 228 Å². The van der Waals surface area contributed by atoms with E-state index in [-0.39, 0.29) is 17.9 Å². The Balaban J connectivity index is 2.04. The highest BCUT2D eigenvalue weighted by molar-refractivity contribution is 7.49. The predicted octanol–water partition coefficient (Wildman–Crippen LogP) is 16.0. The van der Waals surface area contributed by atoms with Gasteiger partial charge in [0.1, 0.15) is 49.1 Å². The number of para-hydroxylation sites is 2. The van der Waals surface area contributed by atoms with E-state index in [9.17, 15) is 19.2 Å². The monoisotopic (exact) mass is 1200 g/mol. The van der Waals surface area contributed by atoms with Gasteiger partial charge in [-0.3, -0.25) is 14.1 Å². The van der Waals surface area contributed by atoms with Crippen molar-refractivity contribution < 1.29 is 65.7 Å². The number of nitrogens with one attached hydrogen (secondary N) is 1. The van der Waals surface area contributed by atoms with Gasteiger partial charge in [0.25, 0.3) is 0 Å². The van der Waals surface area contributed by atoms with E-state index in [0.717, 1.165) is 70.6 Å². The first-order valence-electron chi connectivity index (χ1n) is 25.4. The molecule has 0 saturated carbocycles. The van der Waals surface area contributed by atoms with E-state index in [1.807, 2.05) is 0 Å². The number of alkyl halides is 7. The van der Waals surface area contributed by atoms with Gasteiger partial charge in [-0.2, -0.15) is 0 Å². The quantitative estimate of drug-likeness (QED) is 0.0230. The van der Waals surface area contributed by atoms with Gasteiger partial charge in [0.05, 0.1) is 6.42 Å². The number of carbonyl (C=O) groups excluding carboxylic acids is 4. The van der Waals surface area contributed by atoms with Crippen LogP contribution in [0.3, 0.4) is 0 Å². The number of benzene rings is 2. The summed E-state index contributed by atoms with van der Waals surface area (Å²) >= 11 is 42.6. The minimum atomic E-state index is -4.97. The van der Waals surface area contributed by atoms with Crippen LogP contribution in [0, 0.1) is 0 Å². The Kier molecular flexibility index (Phi) is 30.8. The Morgan fingerprint density at radius 1 is 0.676 bits per heavy atom. The van der Waals surface area contributed by atoms with Crippen LogP contribution < -0.4 is 14.4 Å². The van der Waals surface area contributed by atoms with E-state index >= 15 is 4.57 Å². The number of alkyl carbamates (subject to hydrolysis) is 1. The van der Waals surface area contributed by atoms with E-state index < -0.39 is 101 Å². The van der Waals surface area contributed by atoms with Gasteiger partial charge in [-0.15, -0.1) is 0 Å². The van der Waals surface area contributed by atoms with Crippen LogP contribution in [0.5, 0.6) is 11.5 Å². The minimum absolute atomic E-state index is 0.0238. The Morgan fingerprint density at radius 3 is 1.68 bits per heavy atom. The number of phosphoric ester groups is 1. The Bertz CT molecular complexity index is 1940. The Labute approximate surface area is 472 Å². The van der Waals surface area contributed by atoms with E-state index in [4.69, 9.17) is 123 Å². The number of unbranched alkanes of at least 4 members (excludes halogenated alkanes) is 15. The van der Waals surface area contributed by atoms with Crippen molar-refractivity contribution in [2.75, 3.05) is 13.2 Å². The van der Waals surface area contributed by atoms with Crippen molar-refractivity contribution in [3.63, 3.8) is 0 Å². The molecule has 0 unspecified atom stereocenters. The lowest BCUT2D eigenvalue weighted by atomic mass is 9.97. The molecule has 1 amide bonds. The summed E-state index contributed by atoms with van der Waals surface area (Å²) in [5.74, 6) is -1.37. The summed E-state index contributed by atoms with van der Waals surface area (Å²) in [7, 11) is -4.97. The lowest BCUT2D eigenvalue weighted by Crippen LogP contribution is -2.65. The van der Waals surface area contributed by atoms with Gasteiger partial charge >= 0.3 is 32.0 Å². The van der Waals surface area contributed by atoms with Crippen molar-refractivity contribution in [3.8, 4) is 11.5 Å². The second kappa shape index (κ2) is 34.6. The molecule has 0 radical (unpaired) electrons. The Hall–Kier alpha value is -2.30. The molecule has 6 atom stereocenters. The van der Waals surface area contributed by atoms with Crippen LogP contribution >= 0.6 is 89.0 Å². The second-order valence-electron chi connectivity index (χ2n) is 18.5. The fourth-order valence-electron chi connectivity index (χ4n) is 7.57. The largest absolute Gasteiger partial charge is 0.588 e. The van der Waals surface area contributed by atoms with Gasteiger partial charge < -0.3 is 42.8 Å².